The van der Waals surface area contributed by atoms with Gasteiger partial charge in [-0.3, -0.25) is 4.99 Å². The van der Waals surface area contributed by atoms with Crippen LogP contribution < -0.4 is 5.73 Å². The first-order valence-corrected chi connectivity index (χ1v) is 7.47. The number of amidine groups is 1. The van der Waals surface area contributed by atoms with Gasteiger partial charge in [0.15, 0.2) is 5.84 Å². The van der Waals surface area contributed by atoms with E-state index >= 15 is 0 Å². The Morgan fingerprint density at radius 1 is 1.21 bits per heavy atom. The van der Waals surface area contributed by atoms with Crippen molar-refractivity contribution in [3.05, 3.63) is 64.4 Å². The summed E-state index contributed by atoms with van der Waals surface area (Å²) in [5.74, 6) is -1.41. The van der Waals surface area contributed by atoms with Crippen molar-refractivity contribution in [1.29, 1.82) is 0 Å². The number of nitrogens with two attached hydrogens (primary N) is 1. The maximum Gasteiger partial charge on any atom is 0.159 e. The zero-order valence-electron chi connectivity index (χ0n) is 13.9. The third-order valence-electron chi connectivity index (χ3n) is 2.74. The number of halogens is 3. The van der Waals surface area contributed by atoms with Gasteiger partial charge in [0.1, 0.15) is 16.8 Å². The predicted molar refractivity (Wildman–Crippen MR) is 97.1 cm³/mol. The highest BCUT2D eigenvalue weighted by Gasteiger charge is 2.12. The predicted octanol–water partition coefficient (Wildman–Crippen LogP) is 3.91. The van der Waals surface area contributed by atoms with Crippen molar-refractivity contribution in [2.75, 3.05) is 14.1 Å². The van der Waals surface area contributed by atoms with Crippen molar-refractivity contribution in [1.82, 2.24) is 4.98 Å². The lowest BCUT2D eigenvalue weighted by molar-refractivity contribution is 0.578. The van der Waals surface area contributed by atoms with Gasteiger partial charge in [-0.2, -0.15) is 0 Å². The van der Waals surface area contributed by atoms with Gasteiger partial charge in [-0.05, 0) is 43.9 Å². The molecule has 0 fully saturated rings. The third kappa shape index (κ3) is 6.93. The van der Waals surface area contributed by atoms with E-state index in [9.17, 15) is 8.78 Å². The van der Waals surface area contributed by atoms with Gasteiger partial charge < -0.3 is 5.73 Å². The SMILES string of the molecule is C=NC(=NC)c1c(F)cccc1F.CCc1ccc(Cl)nc1.CN. The van der Waals surface area contributed by atoms with Crippen molar-refractivity contribution in [3.8, 4) is 0 Å². The summed E-state index contributed by atoms with van der Waals surface area (Å²) in [5.41, 5.74) is 5.49. The highest BCUT2D eigenvalue weighted by Crippen LogP contribution is 2.13. The Morgan fingerprint density at radius 3 is 2.17 bits per heavy atom. The van der Waals surface area contributed by atoms with Crippen LogP contribution in [0.25, 0.3) is 0 Å². The molecule has 0 radical (unpaired) electrons. The van der Waals surface area contributed by atoms with Gasteiger partial charge in [-0.25, -0.2) is 18.8 Å². The zero-order chi connectivity index (χ0) is 18.5. The van der Waals surface area contributed by atoms with Gasteiger partial charge in [0.05, 0.1) is 5.56 Å². The summed E-state index contributed by atoms with van der Waals surface area (Å²) < 4.78 is 26.1. The van der Waals surface area contributed by atoms with Crippen LogP contribution in [0.5, 0.6) is 0 Å². The van der Waals surface area contributed by atoms with Gasteiger partial charge in [-0.15, -0.1) is 0 Å². The summed E-state index contributed by atoms with van der Waals surface area (Å²) >= 11 is 5.56. The van der Waals surface area contributed by atoms with Crippen LogP contribution in [0.2, 0.25) is 5.15 Å². The molecule has 0 aliphatic heterocycles. The minimum Gasteiger partial charge on any atom is -0.333 e. The fourth-order valence-corrected chi connectivity index (χ4v) is 1.70. The van der Waals surface area contributed by atoms with Crippen LogP contribution in [0.3, 0.4) is 0 Å². The van der Waals surface area contributed by atoms with Crippen LogP contribution in [-0.4, -0.2) is 31.6 Å². The van der Waals surface area contributed by atoms with Crippen molar-refractivity contribution < 1.29 is 8.78 Å². The molecule has 0 aliphatic rings. The van der Waals surface area contributed by atoms with Gasteiger partial charge in [0, 0.05) is 13.2 Å². The Labute approximate surface area is 146 Å². The molecule has 2 N–H and O–H groups in total. The second-order valence-corrected chi connectivity index (χ2v) is 4.53. The van der Waals surface area contributed by atoms with Crippen LogP contribution >= 0.6 is 11.6 Å². The molecule has 130 valence electrons. The Hall–Kier alpha value is -2.18. The second-order valence-electron chi connectivity index (χ2n) is 4.14. The number of hydrogen-bond acceptors (Lipinski definition) is 3. The minimum absolute atomic E-state index is 0.0319. The fourth-order valence-electron chi connectivity index (χ4n) is 1.59. The lowest BCUT2D eigenvalue weighted by Gasteiger charge is -2.02. The molecule has 0 unspecified atom stereocenters. The van der Waals surface area contributed by atoms with Crippen LogP contribution in [0, 0.1) is 11.6 Å². The molecule has 0 atom stereocenters. The standard InChI is InChI=1S/C9H8F2N2.C7H8ClN.CH5N/c1-12-9(13-2)8-6(10)4-3-5-7(8)11;1-2-6-3-4-7(8)9-5-6;1-2/h3-5H,1H2,2H3;3-5H,2H2,1H3;2H2,1H3. The summed E-state index contributed by atoms with van der Waals surface area (Å²) in [6.07, 6.45) is 2.81. The molecule has 1 aromatic carbocycles. The van der Waals surface area contributed by atoms with E-state index in [2.05, 4.69) is 34.3 Å². The smallest absolute Gasteiger partial charge is 0.159 e. The van der Waals surface area contributed by atoms with Crippen molar-refractivity contribution in [2.45, 2.75) is 13.3 Å². The maximum atomic E-state index is 13.1. The Morgan fingerprint density at radius 2 is 1.79 bits per heavy atom. The average molecular weight is 355 g/mol. The van der Waals surface area contributed by atoms with Crippen LogP contribution in [-0.2, 0) is 6.42 Å². The number of benzene rings is 1. The second kappa shape index (κ2) is 12.3. The third-order valence-corrected chi connectivity index (χ3v) is 2.97. The van der Waals surface area contributed by atoms with Gasteiger partial charge in [-0.1, -0.05) is 30.7 Å². The number of nitrogens with zero attached hydrogens (tertiary/aromatic N) is 3. The van der Waals surface area contributed by atoms with E-state index in [0.29, 0.717) is 5.15 Å². The quantitative estimate of drug-likeness (QED) is 0.504. The molecule has 1 heterocycles. The minimum atomic E-state index is -0.687. The molecular weight excluding hydrogens is 334 g/mol. The summed E-state index contributed by atoms with van der Waals surface area (Å²) in [5, 5.41) is 0.562. The van der Waals surface area contributed by atoms with Crippen LogP contribution in [0.4, 0.5) is 8.78 Å². The first kappa shape index (κ1) is 21.8. The van der Waals surface area contributed by atoms with E-state index in [1.54, 1.807) is 12.3 Å². The van der Waals surface area contributed by atoms with E-state index in [-0.39, 0.29) is 11.4 Å². The monoisotopic (exact) mass is 354 g/mol. The van der Waals surface area contributed by atoms with Crippen LogP contribution in [0.15, 0.2) is 46.5 Å². The van der Waals surface area contributed by atoms with Gasteiger partial charge in [0.25, 0.3) is 0 Å². The van der Waals surface area contributed by atoms with Gasteiger partial charge in [0.2, 0.25) is 0 Å². The highest BCUT2D eigenvalue weighted by atomic mass is 35.5. The Kier molecular flexibility index (Phi) is 11.2. The van der Waals surface area contributed by atoms with Crippen LogP contribution in [0.1, 0.15) is 18.1 Å². The number of hydrogen-bond donors (Lipinski definition) is 1. The number of aryl methyl sites for hydroxylation is 1. The fraction of sp³-hybridized carbons (Fsp3) is 0.235. The first-order chi connectivity index (χ1) is 11.5. The maximum absolute atomic E-state index is 13.1. The van der Waals surface area contributed by atoms with Crippen molar-refractivity contribution in [2.24, 2.45) is 15.7 Å². The number of rotatable bonds is 2. The molecule has 0 saturated heterocycles. The molecular formula is C17H21ClF2N4. The molecule has 24 heavy (non-hydrogen) atoms. The number of pyridine rings is 1. The molecule has 0 aliphatic carbocycles. The Bertz CT molecular complexity index is 638. The highest BCUT2D eigenvalue weighted by molar-refractivity contribution is 6.29. The topological polar surface area (TPSA) is 63.6 Å². The summed E-state index contributed by atoms with van der Waals surface area (Å²) in [6, 6.07) is 7.36. The molecule has 0 saturated carbocycles. The first-order valence-electron chi connectivity index (χ1n) is 7.09. The largest absolute Gasteiger partial charge is 0.333 e. The average Bonchev–Trinajstić information content (AvgIpc) is 2.61. The number of aliphatic imine (C=N–C) groups is 2. The molecule has 2 rings (SSSR count). The van der Waals surface area contributed by atoms with E-state index in [1.807, 2.05) is 6.07 Å². The lowest BCUT2D eigenvalue weighted by atomic mass is 10.2. The summed E-state index contributed by atoms with van der Waals surface area (Å²) in [7, 11) is 2.90. The molecule has 0 spiro atoms. The molecule has 1 aromatic heterocycles. The molecule has 4 nitrogen and oxygen atoms in total. The lowest BCUT2D eigenvalue weighted by Crippen LogP contribution is -2.03. The summed E-state index contributed by atoms with van der Waals surface area (Å²) in [6.45, 7) is 5.26. The van der Waals surface area contributed by atoms with E-state index in [1.165, 1.54) is 25.7 Å². The molecule has 0 amide bonds. The van der Waals surface area contributed by atoms with E-state index in [4.69, 9.17) is 11.6 Å². The summed E-state index contributed by atoms with van der Waals surface area (Å²) in [4.78, 5) is 10.9. The molecule has 0 bridgehead atoms. The zero-order valence-corrected chi connectivity index (χ0v) is 14.7. The molecule has 7 heteroatoms. The van der Waals surface area contributed by atoms with Crippen molar-refractivity contribution >= 4 is 24.2 Å². The normalized spacial score (nSPS) is 10.0. The van der Waals surface area contributed by atoms with Gasteiger partial charge >= 0.3 is 0 Å². The molecule has 2 aromatic rings. The number of aromatic nitrogens is 1. The Balaban J connectivity index is 0.000000420. The van der Waals surface area contributed by atoms with E-state index in [0.717, 1.165) is 18.6 Å². The van der Waals surface area contributed by atoms with Crippen molar-refractivity contribution in [3.63, 3.8) is 0 Å². The van der Waals surface area contributed by atoms with E-state index < -0.39 is 11.6 Å².